The van der Waals surface area contributed by atoms with E-state index in [-0.39, 0.29) is 16.7 Å². The molecule has 0 saturated heterocycles. The van der Waals surface area contributed by atoms with Crippen LogP contribution in [-0.4, -0.2) is 37.2 Å². The Kier molecular flexibility index (Phi) is 3.24. The lowest BCUT2D eigenvalue weighted by atomic mass is 10.1. The van der Waals surface area contributed by atoms with Crippen LogP contribution in [0.5, 0.6) is 0 Å². The average Bonchev–Trinajstić information content (AvgIpc) is 3.31. The summed E-state index contributed by atoms with van der Waals surface area (Å²) in [4.78, 5) is 42.2. The first kappa shape index (κ1) is 14.9. The van der Waals surface area contributed by atoms with Crippen LogP contribution in [0.2, 0.25) is 0 Å². The zero-order chi connectivity index (χ0) is 17.6. The van der Waals surface area contributed by atoms with Crippen LogP contribution in [0.15, 0.2) is 55.0 Å². The average molecular weight is 336 g/mol. The van der Waals surface area contributed by atoms with Gasteiger partial charge in [-0.1, -0.05) is 17.2 Å². The van der Waals surface area contributed by atoms with Crippen LogP contribution in [0.3, 0.4) is 0 Å². The molecule has 0 N–H and O–H groups in total. The van der Waals surface area contributed by atoms with Crippen molar-refractivity contribution in [1.82, 2.24) is 19.4 Å². The van der Waals surface area contributed by atoms with Crippen molar-refractivity contribution in [2.24, 2.45) is 7.05 Å². The molecule has 1 aliphatic heterocycles. The monoisotopic (exact) mass is 336 g/mol. The molecule has 2 amide bonds. The Morgan fingerprint density at radius 3 is 2.20 bits per heavy atom. The van der Waals surface area contributed by atoms with Crippen molar-refractivity contribution in [3.05, 3.63) is 71.7 Å². The van der Waals surface area contributed by atoms with Crippen LogP contribution in [0.4, 0.5) is 0 Å². The highest BCUT2D eigenvalue weighted by Gasteiger charge is 2.39. The second kappa shape index (κ2) is 5.45. The number of carbonyl (C=O) groups excluding carboxylic acids is 3. The van der Waals surface area contributed by atoms with Crippen molar-refractivity contribution in [3.8, 4) is 5.82 Å². The molecule has 0 radical (unpaired) electrons. The second-order valence-corrected chi connectivity index (χ2v) is 5.42. The van der Waals surface area contributed by atoms with Crippen molar-refractivity contribution in [3.63, 3.8) is 0 Å². The maximum Gasteiger partial charge on any atom is 0.369 e. The highest BCUT2D eigenvalue weighted by Crippen LogP contribution is 2.24. The lowest BCUT2D eigenvalue weighted by Crippen LogP contribution is -2.32. The molecule has 3 heterocycles. The summed E-state index contributed by atoms with van der Waals surface area (Å²) in [5.74, 6) is -1.71. The fourth-order valence-corrected chi connectivity index (χ4v) is 2.74. The second-order valence-electron chi connectivity index (χ2n) is 5.42. The topological polar surface area (TPSA) is 86.4 Å². The molecule has 0 spiro atoms. The van der Waals surface area contributed by atoms with Crippen molar-refractivity contribution in [2.45, 2.75) is 0 Å². The van der Waals surface area contributed by atoms with E-state index < -0.39 is 17.8 Å². The van der Waals surface area contributed by atoms with Gasteiger partial charge in [0.1, 0.15) is 11.4 Å². The van der Waals surface area contributed by atoms with E-state index in [9.17, 15) is 14.4 Å². The van der Waals surface area contributed by atoms with Crippen LogP contribution in [0.1, 0.15) is 31.1 Å². The fraction of sp³-hybridized carbons (Fsp3) is 0.0588. The van der Waals surface area contributed by atoms with Crippen LogP contribution >= 0.6 is 0 Å². The van der Waals surface area contributed by atoms with Crippen LogP contribution in [-0.2, 0) is 11.9 Å². The normalized spacial score (nSPS) is 13.2. The molecule has 0 bridgehead atoms. The van der Waals surface area contributed by atoms with E-state index in [2.05, 4.69) is 5.10 Å². The molecule has 0 unspecified atom stereocenters. The van der Waals surface area contributed by atoms with Gasteiger partial charge in [0.2, 0.25) is 0 Å². The van der Waals surface area contributed by atoms with Gasteiger partial charge in [-0.3, -0.25) is 14.3 Å². The van der Waals surface area contributed by atoms with Crippen LogP contribution < -0.4 is 0 Å². The van der Waals surface area contributed by atoms with Crippen LogP contribution in [0, 0.1) is 0 Å². The Balaban J connectivity index is 1.65. The summed E-state index contributed by atoms with van der Waals surface area (Å²) in [6.07, 6.45) is 4.82. The number of fused-ring (bicyclic) bond motifs is 1. The number of carbonyl (C=O) groups is 3. The number of hydrogen-bond acceptors (Lipinski definition) is 5. The zero-order valence-corrected chi connectivity index (χ0v) is 13.1. The summed E-state index contributed by atoms with van der Waals surface area (Å²) < 4.78 is 3.19. The Morgan fingerprint density at radius 2 is 1.60 bits per heavy atom. The van der Waals surface area contributed by atoms with Gasteiger partial charge in [-0.15, -0.1) is 0 Å². The summed E-state index contributed by atoms with van der Waals surface area (Å²) in [6, 6.07) is 9.90. The van der Waals surface area contributed by atoms with Gasteiger partial charge < -0.3 is 9.40 Å². The van der Waals surface area contributed by atoms with E-state index in [4.69, 9.17) is 4.84 Å². The summed E-state index contributed by atoms with van der Waals surface area (Å²) in [5.41, 5.74) is 0.546. The molecular weight excluding hydrogens is 324 g/mol. The number of benzene rings is 1. The Labute approximate surface area is 141 Å². The van der Waals surface area contributed by atoms with E-state index >= 15 is 0 Å². The lowest BCUT2D eigenvalue weighted by molar-refractivity contribution is -0.0584. The maximum atomic E-state index is 12.5. The maximum absolute atomic E-state index is 12.5. The number of nitrogens with zero attached hydrogens (tertiary/aromatic N) is 4. The zero-order valence-electron chi connectivity index (χ0n) is 13.1. The van der Waals surface area contributed by atoms with Gasteiger partial charge in [-0.05, 0) is 24.3 Å². The molecule has 1 aliphatic rings. The molecule has 25 heavy (non-hydrogen) atoms. The number of imide groups is 1. The van der Waals surface area contributed by atoms with Gasteiger partial charge in [0.05, 0.1) is 17.3 Å². The summed E-state index contributed by atoms with van der Waals surface area (Å²) in [6.45, 7) is 0. The number of rotatable bonds is 3. The Morgan fingerprint density at radius 1 is 1.00 bits per heavy atom. The molecule has 0 fully saturated rings. The quantitative estimate of drug-likeness (QED) is 0.678. The first-order valence-electron chi connectivity index (χ1n) is 7.43. The molecule has 0 aliphatic carbocycles. The standard InChI is InChI=1S/C17H12N4O4/c1-19-14(20-8-4-5-9-20)13(10-18-19)17(24)25-21-15(22)11-6-2-3-7-12(11)16(21)23/h2-10H,1H3. The molecule has 4 rings (SSSR count). The van der Waals surface area contributed by atoms with E-state index in [0.717, 1.165) is 0 Å². The van der Waals surface area contributed by atoms with E-state index in [1.54, 1.807) is 48.3 Å². The van der Waals surface area contributed by atoms with Gasteiger partial charge in [0, 0.05) is 19.4 Å². The van der Waals surface area contributed by atoms with Crippen molar-refractivity contribution < 1.29 is 19.2 Å². The lowest BCUT2D eigenvalue weighted by Gasteiger charge is -2.13. The van der Waals surface area contributed by atoms with E-state index in [1.165, 1.54) is 23.0 Å². The summed E-state index contributed by atoms with van der Waals surface area (Å²) >= 11 is 0. The molecule has 8 heteroatoms. The third-order valence-electron chi connectivity index (χ3n) is 3.91. The SMILES string of the molecule is Cn1ncc(C(=O)ON2C(=O)c3ccccc3C2=O)c1-n1cccc1. The predicted molar refractivity (Wildman–Crippen MR) is 84.9 cm³/mol. The van der Waals surface area contributed by atoms with Gasteiger partial charge in [0.15, 0.2) is 0 Å². The molecule has 3 aromatic rings. The summed E-state index contributed by atoms with van der Waals surface area (Å²) in [5, 5.41) is 4.54. The molecule has 2 aromatic heterocycles. The molecule has 1 aromatic carbocycles. The highest BCUT2D eigenvalue weighted by atomic mass is 16.7. The molecule has 0 saturated carbocycles. The van der Waals surface area contributed by atoms with Gasteiger partial charge in [-0.2, -0.15) is 5.10 Å². The third-order valence-corrected chi connectivity index (χ3v) is 3.91. The molecular formula is C17H12N4O4. The Bertz CT molecular complexity index is 969. The van der Waals surface area contributed by atoms with Crippen molar-refractivity contribution in [1.29, 1.82) is 0 Å². The molecule has 0 atom stereocenters. The van der Waals surface area contributed by atoms with Crippen molar-refractivity contribution >= 4 is 17.8 Å². The Hall–Kier alpha value is -3.68. The van der Waals surface area contributed by atoms with E-state index in [1.807, 2.05) is 0 Å². The number of amides is 2. The van der Waals surface area contributed by atoms with Gasteiger partial charge >= 0.3 is 5.97 Å². The number of hydroxylamine groups is 2. The number of aryl methyl sites for hydroxylation is 1. The molecule has 124 valence electrons. The minimum absolute atomic E-state index is 0.134. The highest BCUT2D eigenvalue weighted by molar-refractivity contribution is 6.21. The van der Waals surface area contributed by atoms with Crippen LogP contribution in [0.25, 0.3) is 5.82 Å². The first-order valence-corrected chi connectivity index (χ1v) is 7.43. The fourth-order valence-electron chi connectivity index (χ4n) is 2.74. The summed E-state index contributed by atoms with van der Waals surface area (Å²) in [7, 11) is 1.67. The largest absolute Gasteiger partial charge is 0.369 e. The van der Waals surface area contributed by atoms with Crippen molar-refractivity contribution in [2.75, 3.05) is 0 Å². The van der Waals surface area contributed by atoms with Gasteiger partial charge in [0.25, 0.3) is 11.8 Å². The smallest absolute Gasteiger partial charge is 0.324 e. The van der Waals surface area contributed by atoms with E-state index in [0.29, 0.717) is 10.9 Å². The first-order chi connectivity index (χ1) is 12.1. The predicted octanol–water partition coefficient (Wildman–Crippen LogP) is 1.58. The minimum Gasteiger partial charge on any atom is -0.324 e. The minimum atomic E-state index is -0.841. The molecule has 8 nitrogen and oxygen atoms in total. The number of hydrogen-bond donors (Lipinski definition) is 0. The number of aromatic nitrogens is 3. The third kappa shape index (κ3) is 2.23. The van der Waals surface area contributed by atoms with Gasteiger partial charge in [-0.25, -0.2) is 4.79 Å².